The Balaban J connectivity index is 1.46. The van der Waals surface area contributed by atoms with E-state index >= 15 is 0 Å². The van der Waals surface area contributed by atoms with Crippen molar-refractivity contribution in [1.29, 1.82) is 0 Å². The first-order valence-corrected chi connectivity index (χ1v) is 14.2. The van der Waals surface area contributed by atoms with Crippen molar-refractivity contribution >= 4 is 21.8 Å². The summed E-state index contributed by atoms with van der Waals surface area (Å²) in [6.07, 6.45) is 9.25. The second-order valence-electron chi connectivity index (χ2n) is 10.5. The van der Waals surface area contributed by atoms with Crippen LogP contribution in [0.3, 0.4) is 0 Å². The van der Waals surface area contributed by atoms with Gasteiger partial charge in [0, 0.05) is 64.0 Å². The highest BCUT2D eigenvalue weighted by Gasteiger charge is 2.18. The van der Waals surface area contributed by atoms with Gasteiger partial charge in [-0.3, -0.25) is 15.0 Å². The fourth-order valence-corrected chi connectivity index (χ4v) is 5.79. The van der Waals surface area contributed by atoms with Gasteiger partial charge in [-0.15, -0.1) is 0 Å². The third kappa shape index (κ3) is 4.53. The lowest BCUT2D eigenvalue weighted by Gasteiger charge is -2.10. The van der Waals surface area contributed by atoms with Gasteiger partial charge >= 0.3 is 0 Å². The largest absolute Gasteiger partial charge is 0.353 e. The number of rotatable bonds is 5. The molecule has 5 nitrogen and oxygen atoms in total. The van der Waals surface area contributed by atoms with Crippen LogP contribution in [0.5, 0.6) is 0 Å². The van der Waals surface area contributed by atoms with Gasteiger partial charge in [0.2, 0.25) is 0 Å². The zero-order chi connectivity index (χ0) is 28.6. The van der Waals surface area contributed by atoms with Crippen molar-refractivity contribution in [2.45, 2.75) is 0 Å². The van der Waals surface area contributed by atoms with Gasteiger partial charge in [-0.1, -0.05) is 54.6 Å². The predicted octanol–water partition coefficient (Wildman–Crippen LogP) is 9.24. The van der Waals surface area contributed by atoms with Gasteiger partial charge in [-0.2, -0.15) is 0 Å². The SMILES string of the molecule is c1ccc(-c2cc(-c3cccnc3)cc3c2[nH]c2c(-c4cccc(-c5ccccn5)n4)cc(-c4cccnc4)cc23)cc1. The molecule has 0 fully saturated rings. The third-order valence-electron chi connectivity index (χ3n) is 7.84. The molecule has 5 aromatic heterocycles. The molecule has 1 N–H and O–H groups in total. The molecule has 0 unspecified atom stereocenters. The summed E-state index contributed by atoms with van der Waals surface area (Å²) in [5, 5.41) is 2.27. The molecular weight excluding hydrogens is 526 g/mol. The van der Waals surface area contributed by atoms with Gasteiger partial charge in [0.15, 0.2) is 0 Å². The van der Waals surface area contributed by atoms with E-state index in [2.05, 4.69) is 92.7 Å². The lowest BCUT2D eigenvalue weighted by molar-refractivity contribution is 1.25. The molecular formula is C38H25N5. The summed E-state index contributed by atoms with van der Waals surface area (Å²) < 4.78 is 0. The van der Waals surface area contributed by atoms with Crippen LogP contribution in [-0.4, -0.2) is 24.9 Å². The molecule has 0 atom stereocenters. The number of hydrogen-bond acceptors (Lipinski definition) is 4. The zero-order valence-electron chi connectivity index (χ0n) is 23.1. The van der Waals surface area contributed by atoms with Crippen LogP contribution in [0.15, 0.2) is 146 Å². The van der Waals surface area contributed by atoms with Crippen LogP contribution in [0.25, 0.3) is 77.8 Å². The van der Waals surface area contributed by atoms with E-state index in [1.807, 2.05) is 61.1 Å². The first kappa shape index (κ1) is 24.8. The van der Waals surface area contributed by atoms with E-state index in [1.165, 1.54) is 0 Å². The van der Waals surface area contributed by atoms with Gasteiger partial charge < -0.3 is 4.98 Å². The lowest BCUT2D eigenvalue weighted by Crippen LogP contribution is -1.91. The van der Waals surface area contributed by atoms with E-state index < -0.39 is 0 Å². The highest BCUT2D eigenvalue weighted by molar-refractivity contribution is 6.17. The number of aromatic amines is 1. The summed E-state index contributed by atoms with van der Waals surface area (Å²) in [7, 11) is 0. The highest BCUT2D eigenvalue weighted by Crippen LogP contribution is 2.42. The molecule has 5 heterocycles. The Bertz CT molecular complexity index is 2210. The number of nitrogens with one attached hydrogen (secondary N) is 1. The maximum atomic E-state index is 5.11. The monoisotopic (exact) mass is 551 g/mol. The molecule has 5 heteroatoms. The average Bonchev–Trinajstić information content (AvgIpc) is 3.48. The summed E-state index contributed by atoms with van der Waals surface area (Å²) in [6, 6.07) is 39.7. The van der Waals surface area contributed by atoms with Gasteiger partial charge in [0.05, 0.1) is 28.1 Å². The topological polar surface area (TPSA) is 67.3 Å². The number of benzene rings is 3. The molecule has 202 valence electrons. The van der Waals surface area contributed by atoms with Crippen LogP contribution < -0.4 is 0 Å². The molecule has 0 radical (unpaired) electrons. The van der Waals surface area contributed by atoms with E-state index in [1.54, 1.807) is 12.4 Å². The predicted molar refractivity (Wildman–Crippen MR) is 174 cm³/mol. The van der Waals surface area contributed by atoms with Gasteiger partial charge in [0.25, 0.3) is 0 Å². The Morgan fingerprint density at radius 2 is 1.02 bits per heavy atom. The summed E-state index contributed by atoms with van der Waals surface area (Å²) >= 11 is 0. The van der Waals surface area contributed by atoms with Crippen molar-refractivity contribution in [2.24, 2.45) is 0 Å². The lowest BCUT2D eigenvalue weighted by atomic mass is 9.94. The maximum Gasteiger partial charge on any atom is 0.0893 e. The molecule has 8 rings (SSSR count). The maximum absolute atomic E-state index is 5.11. The molecule has 0 amide bonds. The minimum absolute atomic E-state index is 0.831. The molecule has 8 aromatic rings. The molecule has 0 aliphatic rings. The fraction of sp³-hybridized carbons (Fsp3) is 0. The van der Waals surface area contributed by atoms with E-state index in [0.29, 0.717) is 0 Å². The van der Waals surface area contributed by atoms with Gasteiger partial charge in [0.1, 0.15) is 0 Å². The number of fused-ring (bicyclic) bond motifs is 3. The van der Waals surface area contributed by atoms with Crippen LogP contribution in [0.2, 0.25) is 0 Å². The van der Waals surface area contributed by atoms with Crippen LogP contribution in [-0.2, 0) is 0 Å². The van der Waals surface area contributed by atoms with Crippen LogP contribution in [0.1, 0.15) is 0 Å². The Labute approximate surface area is 248 Å². The fourth-order valence-electron chi connectivity index (χ4n) is 5.79. The zero-order valence-corrected chi connectivity index (χ0v) is 23.1. The standard InChI is InChI=1S/C38H25N5/c1-2-9-25(10-3-1)30-19-28(26-11-7-16-39-23-26)20-31-32-21-29(27-12-8-17-40-24-27)22-33(38(32)43-37(30)31)34-14-6-15-36(42-34)35-13-4-5-18-41-35/h1-24,43H. The van der Waals surface area contributed by atoms with Crippen LogP contribution in [0, 0.1) is 0 Å². The van der Waals surface area contributed by atoms with E-state index in [-0.39, 0.29) is 0 Å². The quantitative estimate of drug-likeness (QED) is 0.231. The second-order valence-corrected chi connectivity index (χ2v) is 10.5. The Morgan fingerprint density at radius 3 is 1.67 bits per heavy atom. The number of hydrogen-bond donors (Lipinski definition) is 1. The van der Waals surface area contributed by atoms with Crippen LogP contribution in [0.4, 0.5) is 0 Å². The van der Waals surface area contributed by atoms with Crippen molar-refractivity contribution in [3.8, 4) is 56.0 Å². The second kappa shape index (κ2) is 10.5. The van der Waals surface area contributed by atoms with E-state index in [9.17, 15) is 0 Å². The third-order valence-corrected chi connectivity index (χ3v) is 7.84. The summed E-state index contributed by atoms with van der Waals surface area (Å²) in [6.45, 7) is 0. The molecule has 0 saturated heterocycles. The number of pyridine rings is 4. The Morgan fingerprint density at radius 1 is 0.419 bits per heavy atom. The van der Waals surface area contributed by atoms with Crippen molar-refractivity contribution < 1.29 is 0 Å². The molecule has 0 aliphatic carbocycles. The van der Waals surface area contributed by atoms with Crippen LogP contribution >= 0.6 is 0 Å². The van der Waals surface area contributed by atoms with Gasteiger partial charge in [-0.25, -0.2) is 4.98 Å². The molecule has 0 aliphatic heterocycles. The summed E-state index contributed by atoms with van der Waals surface area (Å²) in [4.78, 5) is 22.3. The molecule has 3 aromatic carbocycles. The summed E-state index contributed by atoms with van der Waals surface area (Å²) in [5.41, 5.74) is 12.3. The minimum Gasteiger partial charge on any atom is -0.353 e. The van der Waals surface area contributed by atoms with Crippen molar-refractivity contribution in [1.82, 2.24) is 24.9 Å². The first-order chi connectivity index (χ1) is 21.3. The first-order valence-electron chi connectivity index (χ1n) is 14.2. The highest BCUT2D eigenvalue weighted by atomic mass is 14.8. The van der Waals surface area contributed by atoms with Gasteiger partial charge in [-0.05, 0) is 77.4 Å². The van der Waals surface area contributed by atoms with Crippen molar-refractivity contribution in [3.63, 3.8) is 0 Å². The smallest absolute Gasteiger partial charge is 0.0893 e. The number of H-pyrrole nitrogens is 1. The normalized spacial score (nSPS) is 11.3. The molecule has 0 bridgehead atoms. The number of nitrogens with zero attached hydrogens (tertiary/aromatic N) is 4. The molecule has 43 heavy (non-hydrogen) atoms. The Kier molecular flexibility index (Phi) is 6.05. The summed E-state index contributed by atoms with van der Waals surface area (Å²) in [5.74, 6) is 0. The Hall–Kier alpha value is -5.94. The molecule has 0 saturated carbocycles. The molecule has 0 spiro atoms. The number of aromatic nitrogens is 5. The van der Waals surface area contributed by atoms with Crippen molar-refractivity contribution in [2.75, 3.05) is 0 Å². The van der Waals surface area contributed by atoms with E-state index in [0.717, 1.165) is 77.8 Å². The minimum atomic E-state index is 0.831. The van der Waals surface area contributed by atoms with Crippen molar-refractivity contribution in [3.05, 3.63) is 146 Å². The average molecular weight is 552 g/mol. The van der Waals surface area contributed by atoms with E-state index in [4.69, 9.17) is 4.98 Å².